The van der Waals surface area contributed by atoms with Crippen LogP contribution < -0.4 is 14.2 Å². The topological polar surface area (TPSA) is 75.0 Å². The Morgan fingerprint density at radius 1 is 0.931 bits per heavy atom. The molecule has 0 bridgehead atoms. The fourth-order valence-electron chi connectivity index (χ4n) is 3.55. The summed E-state index contributed by atoms with van der Waals surface area (Å²) in [5.74, 6) is 1.29. The maximum atomic E-state index is 13.1. The van der Waals surface area contributed by atoms with E-state index >= 15 is 0 Å². The Morgan fingerprint density at radius 2 is 1.52 bits per heavy atom. The summed E-state index contributed by atoms with van der Waals surface area (Å²) < 4.78 is 16.0. The lowest BCUT2D eigenvalue weighted by Crippen LogP contribution is -2.49. The van der Waals surface area contributed by atoms with Crippen molar-refractivity contribution < 1.29 is 19.0 Å². The van der Waals surface area contributed by atoms with Gasteiger partial charge in [0.15, 0.2) is 11.5 Å². The quantitative estimate of drug-likeness (QED) is 0.749. The summed E-state index contributed by atoms with van der Waals surface area (Å²) in [6, 6.07) is 15.1. The van der Waals surface area contributed by atoms with Crippen LogP contribution >= 0.6 is 0 Å². The molecule has 0 aromatic heterocycles. The van der Waals surface area contributed by atoms with E-state index in [9.17, 15) is 10.1 Å². The van der Waals surface area contributed by atoms with E-state index in [-0.39, 0.29) is 11.9 Å². The number of piperazine rings is 1. The fraction of sp³-hybridized carbons (Fsp3) is 0.364. The number of amides is 1. The number of benzene rings is 2. The van der Waals surface area contributed by atoms with Crippen molar-refractivity contribution in [3.8, 4) is 23.3 Å². The highest BCUT2D eigenvalue weighted by molar-refractivity contribution is 5.98. The van der Waals surface area contributed by atoms with Crippen molar-refractivity contribution in [2.75, 3.05) is 47.5 Å². The first-order chi connectivity index (χ1) is 14.1. The Morgan fingerprint density at radius 3 is 2.07 bits per heavy atom. The first-order valence-corrected chi connectivity index (χ1v) is 9.40. The summed E-state index contributed by atoms with van der Waals surface area (Å²) in [7, 11) is 4.59. The van der Waals surface area contributed by atoms with E-state index in [1.807, 2.05) is 30.3 Å². The number of hydrogen-bond acceptors (Lipinski definition) is 6. The minimum absolute atomic E-state index is 0.129. The number of methoxy groups -OCH3 is 3. The van der Waals surface area contributed by atoms with Crippen LogP contribution in [-0.2, 0) is 0 Å². The van der Waals surface area contributed by atoms with Crippen molar-refractivity contribution >= 4 is 5.91 Å². The van der Waals surface area contributed by atoms with Gasteiger partial charge in [-0.1, -0.05) is 30.3 Å². The van der Waals surface area contributed by atoms with Gasteiger partial charge in [0.25, 0.3) is 5.91 Å². The molecule has 2 aromatic carbocycles. The summed E-state index contributed by atoms with van der Waals surface area (Å²) in [4.78, 5) is 17.0. The number of nitrogens with zero attached hydrogens (tertiary/aromatic N) is 3. The first-order valence-electron chi connectivity index (χ1n) is 9.40. The standard InChI is InChI=1S/C22H25N3O4/c1-27-19-14-21(29-3)20(28-2)13-17(19)22(26)25-11-9-24(10-12-25)18(15-23)16-7-5-4-6-8-16/h4-8,13-14,18H,9-12H2,1-3H3/t18-/m0/s1. The van der Waals surface area contributed by atoms with Gasteiger partial charge < -0.3 is 19.1 Å². The third-order valence-corrected chi connectivity index (χ3v) is 5.14. The van der Waals surface area contributed by atoms with E-state index in [1.54, 1.807) is 17.0 Å². The normalized spacial score (nSPS) is 15.3. The zero-order valence-corrected chi connectivity index (χ0v) is 16.9. The summed E-state index contributed by atoms with van der Waals surface area (Å²) in [5.41, 5.74) is 1.40. The summed E-state index contributed by atoms with van der Waals surface area (Å²) in [6.07, 6.45) is 0. The smallest absolute Gasteiger partial charge is 0.257 e. The van der Waals surface area contributed by atoms with Crippen molar-refractivity contribution in [2.45, 2.75) is 6.04 Å². The van der Waals surface area contributed by atoms with Crippen LogP contribution in [0.15, 0.2) is 42.5 Å². The van der Waals surface area contributed by atoms with E-state index in [2.05, 4.69) is 11.0 Å². The van der Waals surface area contributed by atoms with Crippen LogP contribution in [0.3, 0.4) is 0 Å². The summed E-state index contributed by atoms with van der Waals surface area (Å²) in [6.45, 7) is 2.30. The maximum absolute atomic E-state index is 13.1. The number of hydrogen-bond donors (Lipinski definition) is 0. The van der Waals surface area contributed by atoms with Gasteiger partial charge in [0.2, 0.25) is 0 Å². The summed E-state index contributed by atoms with van der Waals surface area (Å²) >= 11 is 0. The van der Waals surface area contributed by atoms with Crippen LogP contribution in [0.1, 0.15) is 22.0 Å². The molecule has 1 saturated heterocycles. The molecule has 3 rings (SSSR count). The predicted octanol–water partition coefficient (Wildman–Crippen LogP) is 2.74. The maximum Gasteiger partial charge on any atom is 0.257 e. The van der Waals surface area contributed by atoms with Gasteiger partial charge in [0.05, 0.1) is 33.0 Å². The molecule has 1 aliphatic heterocycles. The fourth-order valence-corrected chi connectivity index (χ4v) is 3.55. The van der Waals surface area contributed by atoms with Crippen LogP contribution in [0.25, 0.3) is 0 Å². The van der Waals surface area contributed by atoms with Crippen LogP contribution in [0, 0.1) is 11.3 Å². The van der Waals surface area contributed by atoms with Gasteiger partial charge in [-0.3, -0.25) is 9.69 Å². The van der Waals surface area contributed by atoms with Gasteiger partial charge >= 0.3 is 0 Å². The zero-order valence-electron chi connectivity index (χ0n) is 16.9. The van der Waals surface area contributed by atoms with Gasteiger partial charge in [0, 0.05) is 38.3 Å². The molecule has 1 fully saturated rings. The SMILES string of the molecule is COc1cc(OC)c(C(=O)N2CCN([C@@H](C#N)c3ccccc3)CC2)cc1OC. The molecule has 1 amide bonds. The second kappa shape index (κ2) is 9.30. The molecule has 0 aliphatic carbocycles. The highest BCUT2D eigenvalue weighted by atomic mass is 16.5. The lowest BCUT2D eigenvalue weighted by atomic mass is 10.1. The molecule has 7 nitrogen and oxygen atoms in total. The second-order valence-corrected chi connectivity index (χ2v) is 6.68. The molecule has 0 spiro atoms. The lowest BCUT2D eigenvalue weighted by Gasteiger charge is -2.37. The average Bonchev–Trinajstić information content (AvgIpc) is 2.79. The van der Waals surface area contributed by atoms with E-state index in [0.29, 0.717) is 49.0 Å². The van der Waals surface area contributed by atoms with Crippen LogP contribution in [-0.4, -0.2) is 63.2 Å². The third kappa shape index (κ3) is 4.28. The van der Waals surface area contributed by atoms with E-state index in [4.69, 9.17) is 14.2 Å². The Hall–Kier alpha value is -3.24. The van der Waals surface area contributed by atoms with E-state index < -0.39 is 0 Å². The van der Waals surface area contributed by atoms with Crippen molar-refractivity contribution in [2.24, 2.45) is 0 Å². The van der Waals surface area contributed by atoms with Crippen LogP contribution in [0.5, 0.6) is 17.2 Å². The molecule has 1 heterocycles. The molecule has 152 valence electrons. The number of carbonyl (C=O) groups excluding carboxylic acids is 1. The number of ether oxygens (including phenoxy) is 3. The lowest BCUT2D eigenvalue weighted by molar-refractivity contribution is 0.0603. The molecular formula is C22H25N3O4. The minimum atomic E-state index is -0.316. The summed E-state index contributed by atoms with van der Waals surface area (Å²) in [5, 5.41) is 9.65. The highest BCUT2D eigenvalue weighted by Gasteiger charge is 2.29. The molecule has 0 N–H and O–H groups in total. The third-order valence-electron chi connectivity index (χ3n) is 5.14. The highest BCUT2D eigenvalue weighted by Crippen LogP contribution is 2.35. The van der Waals surface area contributed by atoms with E-state index in [0.717, 1.165) is 5.56 Å². The first kappa shape index (κ1) is 20.5. The Labute approximate surface area is 171 Å². The number of nitriles is 1. The second-order valence-electron chi connectivity index (χ2n) is 6.68. The molecule has 2 aromatic rings. The number of carbonyl (C=O) groups is 1. The molecule has 29 heavy (non-hydrogen) atoms. The van der Waals surface area contributed by atoms with Crippen molar-refractivity contribution in [1.82, 2.24) is 9.80 Å². The Balaban J connectivity index is 1.74. The molecule has 0 saturated carbocycles. The molecular weight excluding hydrogens is 370 g/mol. The average molecular weight is 395 g/mol. The zero-order chi connectivity index (χ0) is 20.8. The number of rotatable bonds is 6. The monoisotopic (exact) mass is 395 g/mol. The van der Waals surface area contributed by atoms with E-state index in [1.165, 1.54) is 21.3 Å². The van der Waals surface area contributed by atoms with Gasteiger partial charge in [-0.2, -0.15) is 5.26 Å². The van der Waals surface area contributed by atoms with Crippen LogP contribution in [0.4, 0.5) is 0 Å². The minimum Gasteiger partial charge on any atom is -0.496 e. The van der Waals surface area contributed by atoms with Gasteiger partial charge in [-0.15, -0.1) is 0 Å². The Bertz CT molecular complexity index is 887. The molecule has 0 unspecified atom stereocenters. The van der Waals surface area contributed by atoms with Crippen LogP contribution in [0.2, 0.25) is 0 Å². The Kier molecular flexibility index (Phi) is 6.57. The van der Waals surface area contributed by atoms with Gasteiger partial charge in [0.1, 0.15) is 11.8 Å². The molecule has 0 radical (unpaired) electrons. The predicted molar refractivity (Wildman–Crippen MR) is 108 cm³/mol. The van der Waals surface area contributed by atoms with Gasteiger partial charge in [-0.05, 0) is 5.56 Å². The largest absolute Gasteiger partial charge is 0.496 e. The van der Waals surface area contributed by atoms with Crippen molar-refractivity contribution in [3.63, 3.8) is 0 Å². The van der Waals surface area contributed by atoms with Crippen molar-refractivity contribution in [3.05, 3.63) is 53.6 Å². The molecule has 7 heteroatoms. The van der Waals surface area contributed by atoms with Crippen molar-refractivity contribution in [1.29, 1.82) is 5.26 Å². The molecule has 1 atom stereocenters. The van der Waals surface area contributed by atoms with Gasteiger partial charge in [-0.25, -0.2) is 0 Å². The molecule has 1 aliphatic rings.